The topological polar surface area (TPSA) is 25.2 Å². The smallest absolute Gasteiger partial charge is 0.192 e. The maximum Gasteiger partial charge on any atom is 0.192 e. The third kappa shape index (κ3) is 2.80. The molecule has 52 valence electrons. The molecule has 0 aliphatic carbocycles. The number of hydrogen-bond donors (Lipinski definition) is 1. The summed E-state index contributed by atoms with van der Waals surface area (Å²) >= 11 is 0. The van der Waals surface area contributed by atoms with Crippen molar-refractivity contribution in [2.75, 3.05) is 12.4 Å². The van der Waals surface area contributed by atoms with Crippen LogP contribution in [0.5, 0.6) is 0 Å². The van der Waals surface area contributed by atoms with Gasteiger partial charge >= 0.3 is 0 Å². The first-order valence-electron chi connectivity index (χ1n) is 3.15. The van der Waals surface area contributed by atoms with Crippen LogP contribution < -0.4 is 5.32 Å². The summed E-state index contributed by atoms with van der Waals surface area (Å²) in [4.78, 5) is 0. The molecule has 0 bridgehead atoms. The van der Waals surface area contributed by atoms with Crippen molar-refractivity contribution in [3.05, 3.63) is 18.4 Å². The van der Waals surface area contributed by atoms with Crippen LogP contribution in [0.3, 0.4) is 0 Å². The molecule has 1 aromatic rings. The lowest BCUT2D eigenvalue weighted by Crippen LogP contribution is -1.81. The summed E-state index contributed by atoms with van der Waals surface area (Å²) in [6.45, 7) is 4.00. The first-order chi connectivity index (χ1) is 4.43. The Morgan fingerprint density at radius 2 is 2.11 bits per heavy atom. The van der Waals surface area contributed by atoms with E-state index >= 15 is 0 Å². The third-order valence-corrected chi connectivity index (χ3v) is 0.768. The molecule has 2 heteroatoms. The fourth-order valence-electron chi connectivity index (χ4n) is 0.421. The zero-order chi connectivity index (χ0) is 7.11. The Hall–Kier alpha value is -0.920. The summed E-state index contributed by atoms with van der Waals surface area (Å²) in [6.07, 6.45) is 1.63. The maximum atomic E-state index is 4.87. The lowest BCUT2D eigenvalue weighted by atomic mass is 10.6. The van der Waals surface area contributed by atoms with Crippen LogP contribution in [0, 0.1) is 0 Å². The standard InChI is InChI=1S/C5H7NO.C2H6/c1-6-5-3-2-4-7-5;1-2/h2-4,6H,1H3;1-2H3. The molecule has 1 rings (SSSR count). The predicted molar refractivity (Wildman–Crippen MR) is 39.6 cm³/mol. The lowest BCUT2D eigenvalue weighted by molar-refractivity contribution is 0.583. The molecular weight excluding hydrogens is 114 g/mol. The average Bonchev–Trinajstić information content (AvgIpc) is 2.43. The number of anilines is 1. The molecule has 0 atom stereocenters. The van der Waals surface area contributed by atoms with E-state index in [9.17, 15) is 0 Å². The van der Waals surface area contributed by atoms with E-state index in [1.165, 1.54) is 0 Å². The molecule has 0 aliphatic rings. The number of furan rings is 1. The zero-order valence-corrected chi connectivity index (χ0v) is 6.14. The van der Waals surface area contributed by atoms with Crippen molar-refractivity contribution in [2.45, 2.75) is 13.8 Å². The molecule has 1 N–H and O–H groups in total. The van der Waals surface area contributed by atoms with E-state index in [4.69, 9.17) is 4.42 Å². The Kier molecular flexibility index (Phi) is 4.69. The fourth-order valence-corrected chi connectivity index (χ4v) is 0.421. The SMILES string of the molecule is CC.CNc1ccco1. The van der Waals surface area contributed by atoms with Crippen LogP contribution in [0.1, 0.15) is 13.8 Å². The van der Waals surface area contributed by atoms with Gasteiger partial charge < -0.3 is 9.73 Å². The highest BCUT2D eigenvalue weighted by molar-refractivity contribution is 5.27. The minimum absolute atomic E-state index is 0.806. The first-order valence-corrected chi connectivity index (χ1v) is 3.15. The molecule has 0 unspecified atom stereocenters. The van der Waals surface area contributed by atoms with Crippen molar-refractivity contribution in [2.24, 2.45) is 0 Å². The van der Waals surface area contributed by atoms with Crippen LogP contribution in [0.2, 0.25) is 0 Å². The molecule has 9 heavy (non-hydrogen) atoms. The van der Waals surface area contributed by atoms with Gasteiger partial charge in [-0.1, -0.05) is 13.8 Å². The molecule has 0 saturated carbocycles. The summed E-state index contributed by atoms with van der Waals surface area (Å²) in [7, 11) is 1.82. The third-order valence-electron chi connectivity index (χ3n) is 0.768. The molecule has 0 aromatic carbocycles. The second-order valence-corrected chi connectivity index (χ2v) is 1.23. The van der Waals surface area contributed by atoms with Gasteiger partial charge in [0, 0.05) is 13.1 Å². The van der Waals surface area contributed by atoms with E-state index < -0.39 is 0 Å². The predicted octanol–water partition coefficient (Wildman–Crippen LogP) is 2.35. The normalized spacial score (nSPS) is 7.44. The van der Waals surface area contributed by atoms with Gasteiger partial charge in [0.1, 0.15) is 0 Å². The van der Waals surface area contributed by atoms with Crippen LogP contribution >= 0.6 is 0 Å². The molecule has 0 aliphatic heterocycles. The van der Waals surface area contributed by atoms with Crippen molar-refractivity contribution >= 4 is 5.88 Å². The van der Waals surface area contributed by atoms with E-state index in [-0.39, 0.29) is 0 Å². The van der Waals surface area contributed by atoms with Gasteiger partial charge in [-0.3, -0.25) is 0 Å². The van der Waals surface area contributed by atoms with Gasteiger partial charge in [0.15, 0.2) is 5.88 Å². The Morgan fingerprint density at radius 1 is 1.44 bits per heavy atom. The highest BCUT2D eigenvalue weighted by atomic mass is 16.3. The van der Waals surface area contributed by atoms with Crippen molar-refractivity contribution in [1.82, 2.24) is 0 Å². The molecule has 0 saturated heterocycles. The zero-order valence-electron chi connectivity index (χ0n) is 6.14. The Labute approximate surface area is 55.9 Å². The van der Waals surface area contributed by atoms with E-state index in [1.807, 2.05) is 33.0 Å². The van der Waals surface area contributed by atoms with E-state index in [2.05, 4.69) is 5.32 Å². The number of nitrogens with one attached hydrogen (secondary N) is 1. The van der Waals surface area contributed by atoms with Gasteiger partial charge in [-0.25, -0.2) is 0 Å². The van der Waals surface area contributed by atoms with Crippen LogP contribution in [0.4, 0.5) is 5.88 Å². The van der Waals surface area contributed by atoms with Crippen molar-refractivity contribution in [1.29, 1.82) is 0 Å². The Balaban J connectivity index is 0.000000291. The van der Waals surface area contributed by atoms with Gasteiger partial charge in [-0.05, 0) is 6.07 Å². The van der Waals surface area contributed by atoms with Crippen LogP contribution in [0.25, 0.3) is 0 Å². The molecule has 0 amide bonds. The second kappa shape index (κ2) is 5.22. The number of rotatable bonds is 1. The first kappa shape index (κ1) is 8.08. The Bertz CT molecular complexity index is 123. The fraction of sp³-hybridized carbons (Fsp3) is 0.429. The van der Waals surface area contributed by atoms with Crippen LogP contribution in [-0.4, -0.2) is 7.05 Å². The summed E-state index contributed by atoms with van der Waals surface area (Å²) in [6, 6.07) is 3.70. The van der Waals surface area contributed by atoms with E-state index in [0.29, 0.717) is 0 Å². The van der Waals surface area contributed by atoms with Gasteiger partial charge in [0.25, 0.3) is 0 Å². The monoisotopic (exact) mass is 127 g/mol. The van der Waals surface area contributed by atoms with Gasteiger partial charge in [0.2, 0.25) is 0 Å². The molecule has 0 fully saturated rings. The van der Waals surface area contributed by atoms with Crippen molar-refractivity contribution in [3.63, 3.8) is 0 Å². The Morgan fingerprint density at radius 3 is 2.33 bits per heavy atom. The van der Waals surface area contributed by atoms with Crippen LogP contribution in [0.15, 0.2) is 22.8 Å². The van der Waals surface area contributed by atoms with Gasteiger partial charge in [-0.15, -0.1) is 0 Å². The minimum atomic E-state index is 0.806. The molecule has 1 heterocycles. The van der Waals surface area contributed by atoms with Crippen molar-refractivity contribution < 1.29 is 4.42 Å². The summed E-state index contributed by atoms with van der Waals surface area (Å²) in [5.74, 6) is 0.806. The highest BCUT2D eigenvalue weighted by Crippen LogP contribution is 2.03. The van der Waals surface area contributed by atoms with E-state index in [0.717, 1.165) is 5.88 Å². The average molecular weight is 127 g/mol. The van der Waals surface area contributed by atoms with Gasteiger partial charge in [0.05, 0.1) is 6.26 Å². The summed E-state index contributed by atoms with van der Waals surface area (Å²) in [5.41, 5.74) is 0. The molecule has 0 radical (unpaired) electrons. The van der Waals surface area contributed by atoms with E-state index in [1.54, 1.807) is 6.26 Å². The second-order valence-electron chi connectivity index (χ2n) is 1.23. The largest absolute Gasteiger partial charge is 0.449 e. The quantitative estimate of drug-likeness (QED) is 0.626. The molecule has 1 aromatic heterocycles. The maximum absolute atomic E-state index is 4.87. The van der Waals surface area contributed by atoms with Gasteiger partial charge in [-0.2, -0.15) is 0 Å². The minimum Gasteiger partial charge on any atom is -0.449 e. The van der Waals surface area contributed by atoms with Crippen molar-refractivity contribution in [3.8, 4) is 0 Å². The molecule has 0 spiro atoms. The van der Waals surface area contributed by atoms with Crippen LogP contribution in [-0.2, 0) is 0 Å². The molecule has 2 nitrogen and oxygen atoms in total. The molecular formula is C7H13NO. The summed E-state index contributed by atoms with van der Waals surface area (Å²) < 4.78 is 4.87. The lowest BCUT2D eigenvalue weighted by Gasteiger charge is -1.85. The summed E-state index contributed by atoms with van der Waals surface area (Å²) in [5, 5.41) is 2.84. The highest BCUT2D eigenvalue weighted by Gasteiger charge is 1.82. The number of hydrogen-bond acceptors (Lipinski definition) is 2.